The lowest BCUT2D eigenvalue weighted by Gasteiger charge is -2.30. The molecular formula is C27H36ClN. The third-order valence-electron chi connectivity index (χ3n) is 7.73. The maximum absolute atomic E-state index is 3.44. The number of hydrogen-bond acceptors (Lipinski definition) is 1. The quantitative estimate of drug-likeness (QED) is 0.596. The Labute approximate surface area is 183 Å². The van der Waals surface area contributed by atoms with Gasteiger partial charge in [0.05, 0.1) is 0 Å². The first-order chi connectivity index (χ1) is 13.9. The van der Waals surface area contributed by atoms with Crippen molar-refractivity contribution in [2.45, 2.75) is 82.5 Å². The summed E-state index contributed by atoms with van der Waals surface area (Å²) in [4.78, 5) is 0. The smallest absolute Gasteiger partial charge is 0.00431 e. The van der Waals surface area contributed by atoms with E-state index in [2.05, 4.69) is 41.7 Å². The molecule has 2 heteroatoms. The number of nitrogens with one attached hydrogen (secondary N) is 1. The van der Waals surface area contributed by atoms with Crippen LogP contribution < -0.4 is 5.32 Å². The highest BCUT2D eigenvalue weighted by atomic mass is 35.5. The second-order valence-electron chi connectivity index (χ2n) is 9.33. The zero-order chi connectivity index (χ0) is 18.8. The van der Waals surface area contributed by atoms with Crippen molar-refractivity contribution in [1.29, 1.82) is 0 Å². The van der Waals surface area contributed by atoms with Gasteiger partial charge in [0.25, 0.3) is 0 Å². The molecule has 0 atom stereocenters. The van der Waals surface area contributed by atoms with Crippen molar-refractivity contribution in [3.8, 4) is 0 Å². The number of hydrogen-bond donors (Lipinski definition) is 1. The van der Waals surface area contributed by atoms with Crippen molar-refractivity contribution in [3.05, 3.63) is 69.8 Å². The zero-order valence-corrected chi connectivity index (χ0v) is 18.5. The maximum Gasteiger partial charge on any atom is -0.00431 e. The molecule has 0 bridgehead atoms. The Kier molecular flexibility index (Phi) is 6.98. The van der Waals surface area contributed by atoms with Crippen LogP contribution in [-0.4, -0.2) is 13.1 Å². The summed E-state index contributed by atoms with van der Waals surface area (Å²) in [5.74, 6) is 1.74. The number of piperidine rings is 1. The predicted octanol–water partition coefficient (Wildman–Crippen LogP) is 6.51. The second-order valence-corrected chi connectivity index (χ2v) is 9.33. The fourth-order valence-corrected chi connectivity index (χ4v) is 5.86. The minimum Gasteiger partial charge on any atom is -0.317 e. The molecule has 6 rings (SSSR count). The number of fused-ring (bicyclic) bond motifs is 2. The third kappa shape index (κ3) is 4.42. The Morgan fingerprint density at radius 2 is 1.10 bits per heavy atom. The van der Waals surface area contributed by atoms with E-state index in [0.717, 1.165) is 11.8 Å². The maximum atomic E-state index is 3.44. The molecule has 1 saturated carbocycles. The summed E-state index contributed by atoms with van der Waals surface area (Å²) in [7, 11) is 0. The molecule has 29 heavy (non-hydrogen) atoms. The summed E-state index contributed by atoms with van der Waals surface area (Å²) in [6.45, 7) is 2.41. The van der Waals surface area contributed by atoms with Gasteiger partial charge >= 0.3 is 0 Å². The molecule has 0 spiro atoms. The zero-order valence-electron chi connectivity index (χ0n) is 17.7. The highest BCUT2D eigenvalue weighted by molar-refractivity contribution is 5.85. The van der Waals surface area contributed by atoms with Gasteiger partial charge in [-0.2, -0.15) is 0 Å². The van der Waals surface area contributed by atoms with E-state index in [9.17, 15) is 0 Å². The van der Waals surface area contributed by atoms with Crippen molar-refractivity contribution in [2.24, 2.45) is 0 Å². The molecule has 0 radical (unpaired) electrons. The molecule has 3 aliphatic carbocycles. The molecular weight excluding hydrogens is 374 g/mol. The van der Waals surface area contributed by atoms with Gasteiger partial charge in [-0.15, -0.1) is 12.4 Å². The second kappa shape index (κ2) is 9.67. The number of halogens is 1. The predicted molar refractivity (Wildman–Crippen MR) is 126 cm³/mol. The van der Waals surface area contributed by atoms with Crippen LogP contribution in [0.2, 0.25) is 0 Å². The molecule has 1 heterocycles. The lowest BCUT2D eigenvalue weighted by molar-refractivity contribution is 0.439. The highest BCUT2D eigenvalue weighted by Crippen LogP contribution is 2.38. The Hall–Kier alpha value is -1.31. The van der Waals surface area contributed by atoms with Gasteiger partial charge in [-0.3, -0.25) is 0 Å². The molecule has 1 aliphatic heterocycles. The van der Waals surface area contributed by atoms with Crippen molar-refractivity contribution >= 4 is 12.4 Å². The summed E-state index contributed by atoms with van der Waals surface area (Å²) in [5.41, 5.74) is 10.00. The first-order valence-corrected chi connectivity index (χ1v) is 11.8. The Morgan fingerprint density at radius 3 is 1.59 bits per heavy atom. The van der Waals surface area contributed by atoms with E-state index >= 15 is 0 Å². The normalized spacial score (nSPS) is 20.7. The van der Waals surface area contributed by atoms with Crippen LogP contribution in [0.4, 0.5) is 0 Å². The van der Waals surface area contributed by atoms with Crippen molar-refractivity contribution < 1.29 is 0 Å². The molecule has 1 nitrogen and oxygen atoms in total. The average Bonchev–Trinajstić information content (AvgIpc) is 2.71. The van der Waals surface area contributed by atoms with Gasteiger partial charge in [0, 0.05) is 0 Å². The van der Waals surface area contributed by atoms with E-state index < -0.39 is 0 Å². The Balaban J connectivity index is 0.000000137. The van der Waals surface area contributed by atoms with Gasteiger partial charge in [0.2, 0.25) is 0 Å². The molecule has 156 valence electrons. The van der Waals surface area contributed by atoms with Gasteiger partial charge in [-0.1, -0.05) is 55.7 Å². The first-order valence-electron chi connectivity index (χ1n) is 11.8. The highest BCUT2D eigenvalue weighted by Gasteiger charge is 2.24. The van der Waals surface area contributed by atoms with E-state index in [1.165, 1.54) is 83.7 Å². The molecule has 2 aromatic carbocycles. The number of aryl methyl sites for hydroxylation is 2. The van der Waals surface area contributed by atoms with Crippen LogP contribution in [-0.2, 0) is 25.7 Å². The van der Waals surface area contributed by atoms with E-state index in [1.54, 1.807) is 33.4 Å². The fraction of sp³-hybridized carbons (Fsp3) is 0.556. The van der Waals surface area contributed by atoms with Crippen molar-refractivity contribution in [1.82, 2.24) is 5.32 Å². The lowest BCUT2D eigenvalue weighted by Crippen LogP contribution is -2.28. The van der Waals surface area contributed by atoms with Gasteiger partial charge in [0.1, 0.15) is 0 Å². The van der Waals surface area contributed by atoms with Gasteiger partial charge in [-0.25, -0.2) is 0 Å². The van der Waals surface area contributed by atoms with Crippen LogP contribution in [0.5, 0.6) is 0 Å². The molecule has 2 fully saturated rings. The summed E-state index contributed by atoms with van der Waals surface area (Å²) in [5, 5.41) is 3.44. The number of benzene rings is 2. The van der Waals surface area contributed by atoms with Crippen LogP contribution in [0.15, 0.2) is 36.4 Å². The Morgan fingerprint density at radius 1 is 0.586 bits per heavy atom. The van der Waals surface area contributed by atoms with Gasteiger partial charge < -0.3 is 5.32 Å². The lowest BCUT2D eigenvalue weighted by atomic mass is 9.76. The Bertz CT molecular complexity index is 746. The summed E-state index contributed by atoms with van der Waals surface area (Å²) in [6.07, 6.45) is 15.2. The monoisotopic (exact) mass is 409 g/mol. The van der Waals surface area contributed by atoms with E-state index in [4.69, 9.17) is 0 Å². The van der Waals surface area contributed by atoms with Gasteiger partial charge in [-0.05, 0) is 110 Å². The van der Waals surface area contributed by atoms with Crippen molar-refractivity contribution in [2.75, 3.05) is 13.1 Å². The van der Waals surface area contributed by atoms with Crippen molar-refractivity contribution in [3.63, 3.8) is 0 Å². The van der Waals surface area contributed by atoms with Crippen LogP contribution in [0, 0.1) is 0 Å². The van der Waals surface area contributed by atoms with E-state index in [0.29, 0.717) is 0 Å². The van der Waals surface area contributed by atoms with E-state index in [1.807, 2.05) is 0 Å². The van der Waals surface area contributed by atoms with Crippen LogP contribution >= 0.6 is 12.4 Å². The SMILES string of the molecule is Cl.c1cc2c(c(C3CCCCC3)c1)CC2.c1cc2c(c(C3CCNCC3)c1)CC2. The molecule has 0 unspecified atom stereocenters. The van der Waals surface area contributed by atoms with Crippen LogP contribution in [0.1, 0.15) is 90.2 Å². The standard InChI is InChI=1S/C14H18.C13H17N.ClH/c1-2-5-11(6-3-1)13-8-4-7-12-9-10-14(12)13;1-2-10-4-5-13(10)12(3-1)11-6-8-14-9-7-11;/h4,7-8,11H,1-3,5-6,9-10H2;1-3,11,14H,4-9H2;1H. The minimum absolute atomic E-state index is 0. The largest absolute Gasteiger partial charge is 0.317 e. The van der Waals surface area contributed by atoms with Gasteiger partial charge in [0.15, 0.2) is 0 Å². The topological polar surface area (TPSA) is 12.0 Å². The number of rotatable bonds is 2. The molecule has 2 aromatic rings. The summed E-state index contributed by atoms with van der Waals surface area (Å²) < 4.78 is 0. The minimum atomic E-state index is 0. The molecule has 0 amide bonds. The summed E-state index contributed by atoms with van der Waals surface area (Å²) in [6, 6.07) is 13.9. The average molecular weight is 410 g/mol. The molecule has 1 N–H and O–H groups in total. The molecule has 1 saturated heterocycles. The summed E-state index contributed by atoms with van der Waals surface area (Å²) >= 11 is 0. The molecule has 4 aliphatic rings. The first kappa shape index (κ1) is 20.9. The van der Waals surface area contributed by atoms with Crippen LogP contribution in [0.3, 0.4) is 0 Å². The fourth-order valence-electron chi connectivity index (χ4n) is 5.86. The van der Waals surface area contributed by atoms with Crippen LogP contribution in [0.25, 0.3) is 0 Å². The van der Waals surface area contributed by atoms with E-state index in [-0.39, 0.29) is 12.4 Å². The molecule has 0 aromatic heterocycles. The third-order valence-corrected chi connectivity index (χ3v) is 7.73.